The highest BCUT2D eigenvalue weighted by molar-refractivity contribution is 9.10. The standard InChI is InChI=1S/C22H25BrN2O2/c1-16-5-7-18(8-6-16)21(26)9-10-22(27)24-14-17-11-12-25(15-17)20-4-2-3-19(23)13-20/h2-8,13,17H,9-12,14-15H2,1H3,(H,24,27). The molecule has 1 amide bonds. The van der Waals surface area contributed by atoms with E-state index >= 15 is 0 Å². The maximum Gasteiger partial charge on any atom is 0.220 e. The first-order chi connectivity index (χ1) is 13.0. The van der Waals surface area contributed by atoms with Gasteiger partial charge in [-0.15, -0.1) is 0 Å². The number of anilines is 1. The van der Waals surface area contributed by atoms with Gasteiger partial charge in [0.25, 0.3) is 0 Å². The third kappa shape index (κ3) is 5.67. The zero-order chi connectivity index (χ0) is 19.2. The van der Waals surface area contributed by atoms with Crippen LogP contribution in [-0.2, 0) is 4.79 Å². The van der Waals surface area contributed by atoms with Gasteiger partial charge in [-0.25, -0.2) is 0 Å². The zero-order valence-electron chi connectivity index (χ0n) is 15.6. The molecular formula is C22H25BrN2O2. The first kappa shape index (κ1) is 19.6. The molecule has 2 aromatic rings. The Kier molecular flexibility index (Phi) is 6.67. The molecule has 0 aromatic heterocycles. The monoisotopic (exact) mass is 428 g/mol. The van der Waals surface area contributed by atoms with E-state index in [0.717, 1.165) is 29.5 Å². The van der Waals surface area contributed by atoms with Crippen LogP contribution in [0.5, 0.6) is 0 Å². The summed E-state index contributed by atoms with van der Waals surface area (Å²) in [6.07, 6.45) is 1.56. The van der Waals surface area contributed by atoms with E-state index in [4.69, 9.17) is 0 Å². The third-order valence-electron chi connectivity index (χ3n) is 5.00. The number of nitrogens with one attached hydrogen (secondary N) is 1. The van der Waals surface area contributed by atoms with Crippen molar-refractivity contribution >= 4 is 33.3 Å². The molecule has 0 radical (unpaired) electrons. The predicted octanol–water partition coefficient (Wildman–Crippen LogP) is 4.36. The largest absolute Gasteiger partial charge is 0.371 e. The highest BCUT2D eigenvalue weighted by Crippen LogP contribution is 2.25. The Bertz CT molecular complexity index is 804. The number of carbonyl (C=O) groups excluding carboxylic acids is 2. The lowest BCUT2D eigenvalue weighted by Gasteiger charge is -2.19. The van der Waals surface area contributed by atoms with Gasteiger partial charge in [-0.05, 0) is 37.5 Å². The van der Waals surface area contributed by atoms with Gasteiger partial charge in [-0.3, -0.25) is 9.59 Å². The van der Waals surface area contributed by atoms with E-state index in [1.807, 2.05) is 43.3 Å². The van der Waals surface area contributed by atoms with Crippen LogP contribution < -0.4 is 10.2 Å². The van der Waals surface area contributed by atoms with E-state index in [0.29, 0.717) is 18.0 Å². The van der Waals surface area contributed by atoms with Gasteiger partial charge < -0.3 is 10.2 Å². The first-order valence-electron chi connectivity index (χ1n) is 9.38. The fourth-order valence-corrected chi connectivity index (χ4v) is 3.75. The van der Waals surface area contributed by atoms with Crippen LogP contribution in [-0.4, -0.2) is 31.3 Å². The molecule has 1 N–H and O–H groups in total. The maximum atomic E-state index is 12.2. The summed E-state index contributed by atoms with van der Waals surface area (Å²) in [5, 5.41) is 3.00. The topological polar surface area (TPSA) is 49.4 Å². The van der Waals surface area contributed by atoms with Crippen LogP contribution in [0.1, 0.15) is 35.2 Å². The lowest BCUT2D eigenvalue weighted by Crippen LogP contribution is -2.31. The molecule has 0 aliphatic carbocycles. The van der Waals surface area contributed by atoms with Gasteiger partial charge in [0.2, 0.25) is 5.91 Å². The molecular weight excluding hydrogens is 404 g/mol. The summed E-state index contributed by atoms with van der Waals surface area (Å²) in [6.45, 7) is 4.60. The van der Waals surface area contributed by atoms with Gasteiger partial charge in [0.05, 0.1) is 0 Å². The van der Waals surface area contributed by atoms with Gasteiger partial charge in [-0.1, -0.05) is 51.8 Å². The van der Waals surface area contributed by atoms with E-state index in [1.54, 1.807) is 0 Å². The predicted molar refractivity (Wildman–Crippen MR) is 112 cm³/mol. The molecule has 0 spiro atoms. The van der Waals surface area contributed by atoms with E-state index in [2.05, 4.69) is 38.3 Å². The molecule has 1 unspecified atom stereocenters. The average Bonchev–Trinajstić information content (AvgIpc) is 3.14. The molecule has 1 fully saturated rings. The number of aryl methyl sites for hydroxylation is 1. The number of halogens is 1. The van der Waals surface area contributed by atoms with Crippen molar-refractivity contribution in [3.05, 3.63) is 64.1 Å². The lowest BCUT2D eigenvalue weighted by atomic mass is 10.0. The highest BCUT2D eigenvalue weighted by atomic mass is 79.9. The van der Waals surface area contributed by atoms with Crippen molar-refractivity contribution in [3.63, 3.8) is 0 Å². The van der Waals surface area contributed by atoms with Crippen LogP contribution in [0.25, 0.3) is 0 Å². The Balaban J connectivity index is 1.39. The second-order valence-electron chi connectivity index (χ2n) is 7.17. The van der Waals surface area contributed by atoms with E-state index in [-0.39, 0.29) is 24.5 Å². The van der Waals surface area contributed by atoms with Gasteiger partial charge >= 0.3 is 0 Å². The Hall–Kier alpha value is -2.14. The van der Waals surface area contributed by atoms with E-state index in [1.165, 1.54) is 5.69 Å². The maximum absolute atomic E-state index is 12.2. The van der Waals surface area contributed by atoms with Crippen molar-refractivity contribution in [3.8, 4) is 0 Å². The van der Waals surface area contributed by atoms with Crippen molar-refractivity contribution in [1.82, 2.24) is 5.32 Å². The molecule has 142 valence electrons. The van der Waals surface area contributed by atoms with Gasteiger partial charge in [0.15, 0.2) is 5.78 Å². The molecule has 3 rings (SSSR count). The van der Waals surface area contributed by atoms with E-state index < -0.39 is 0 Å². The number of carbonyl (C=O) groups is 2. The molecule has 0 bridgehead atoms. The van der Waals surface area contributed by atoms with Gasteiger partial charge in [-0.2, -0.15) is 0 Å². The number of amides is 1. The fourth-order valence-electron chi connectivity index (χ4n) is 3.36. The van der Waals surface area contributed by atoms with Crippen LogP contribution in [0.3, 0.4) is 0 Å². The van der Waals surface area contributed by atoms with Crippen LogP contribution >= 0.6 is 15.9 Å². The molecule has 27 heavy (non-hydrogen) atoms. The molecule has 5 heteroatoms. The van der Waals surface area contributed by atoms with Crippen LogP contribution in [0.15, 0.2) is 53.0 Å². The number of hydrogen-bond acceptors (Lipinski definition) is 3. The smallest absolute Gasteiger partial charge is 0.220 e. The number of Topliss-reactive ketones (excluding diaryl/α,β-unsaturated/α-hetero) is 1. The summed E-state index contributed by atoms with van der Waals surface area (Å²) in [6, 6.07) is 15.8. The molecule has 2 aromatic carbocycles. The lowest BCUT2D eigenvalue weighted by molar-refractivity contribution is -0.121. The third-order valence-corrected chi connectivity index (χ3v) is 5.49. The van der Waals surface area contributed by atoms with Crippen molar-refractivity contribution in [1.29, 1.82) is 0 Å². The zero-order valence-corrected chi connectivity index (χ0v) is 17.2. The summed E-state index contributed by atoms with van der Waals surface area (Å²) in [4.78, 5) is 26.6. The molecule has 4 nitrogen and oxygen atoms in total. The fraction of sp³-hybridized carbons (Fsp3) is 0.364. The molecule has 1 aliphatic heterocycles. The van der Waals surface area contributed by atoms with E-state index in [9.17, 15) is 9.59 Å². The number of ketones is 1. The highest BCUT2D eigenvalue weighted by Gasteiger charge is 2.23. The van der Waals surface area contributed by atoms with Crippen molar-refractivity contribution < 1.29 is 9.59 Å². The number of hydrogen-bond donors (Lipinski definition) is 1. The summed E-state index contributed by atoms with van der Waals surface area (Å²) in [5.74, 6) is 0.420. The van der Waals surface area contributed by atoms with Crippen molar-refractivity contribution in [2.45, 2.75) is 26.2 Å². The van der Waals surface area contributed by atoms with Gasteiger partial charge in [0.1, 0.15) is 0 Å². The minimum Gasteiger partial charge on any atom is -0.371 e. The SMILES string of the molecule is Cc1ccc(C(=O)CCC(=O)NCC2CCN(c3cccc(Br)c3)C2)cc1. The van der Waals surface area contributed by atoms with Crippen molar-refractivity contribution in [2.75, 3.05) is 24.5 Å². The van der Waals surface area contributed by atoms with Crippen molar-refractivity contribution in [2.24, 2.45) is 5.92 Å². The second-order valence-corrected chi connectivity index (χ2v) is 8.09. The molecule has 1 saturated heterocycles. The first-order valence-corrected chi connectivity index (χ1v) is 10.2. The number of nitrogens with zero attached hydrogens (tertiary/aromatic N) is 1. The summed E-state index contributed by atoms with van der Waals surface area (Å²) in [5.41, 5.74) is 3.01. The quantitative estimate of drug-likeness (QED) is 0.666. The van der Waals surface area contributed by atoms with Gasteiger partial charge in [0, 0.05) is 48.2 Å². The Morgan fingerprint density at radius 2 is 1.93 bits per heavy atom. The summed E-state index contributed by atoms with van der Waals surface area (Å²) >= 11 is 3.51. The normalized spacial score (nSPS) is 16.4. The molecule has 0 saturated carbocycles. The molecule has 1 atom stereocenters. The second kappa shape index (κ2) is 9.18. The molecule has 1 heterocycles. The molecule has 1 aliphatic rings. The summed E-state index contributed by atoms with van der Waals surface area (Å²) < 4.78 is 1.08. The Labute approximate surface area is 169 Å². The number of rotatable bonds is 7. The van der Waals surface area contributed by atoms with Crippen LogP contribution in [0, 0.1) is 12.8 Å². The minimum atomic E-state index is -0.0450. The Morgan fingerprint density at radius 3 is 2.67 bits per heavy atom. The summed E-state index contributed by atoms with van der Waals surface area (Å²) in [7, 11) is 0. The minimum absolute atomic E-state index is 0.0202. The van der Waals surface area contributed by atoms with Crippen LogP contribution in [0.4, 0.5) is 5.69 Å². The average molecular weight is 429 g/mol. The Morgan fingerprint density at radius 1 is 1.15 bits per heavy atom. The van der Waals surface area contributed by atoms with Crippen LogP contribution in [0.2, 0.25) is 0 Å². The number of benzene rings is 2.